The molecule has 1 aromatic heterocycles. The molecule has 0 aliphatic heterocycles. The zero-order valence-electron chi connectivity index (χ0n) is 15.8. The standard InChI is InChI=1S/C19H27N5OS/c1-5-20-18(25)16-9-7-15(8-10-16)11-22-19(21-6-2)23-12-17-13(3)24-14(4)26-17/h7-10H,5-6,11-12H2,1-4H3,(H,20,25)(H2,21,22,23). The summed E-state index contributed by atoms with van der Waals surface area (Å²) in [5.74, 6) is 0.721. The van der Waals surface area contributed by atoms with Crippen LogP contribution >= 0.6 is 11.3 Å². The van der Waals surface area contributed by atoms with Crippen LogP contribution in [0.1, 0.15) is 45.3 Å². The van der Waals surface area contributed by atoms with E-state index < -0.39 is 0 Å². The van der Waals surface area contributed by atoms with Gasteiger partial charge in [0.15, 0.2) is 5.96 Å². The second kappa shape index (κ2) is 9.91. The highest BCUT2D eigenvalue weighted by molar-refractivity contribution is 7.11. The van der Waals surface area contributed by atoms with Crippen molar-refractivity contribution in [2.75, 3.05) is 13.1 Å². The lowest BCUT2D eigenvalue weighted by Gasteiger charge is -2.11. The van der Waals surface area contributed by atoms with E-state index in [-0.39, 0.29) is 5.91 Å². The van der Waals surface area contributed by atoms with Gasteiger partial charge in [0.2, 0.25) is 0 Å². The minimum atomic E-state index is -0.0484. The predicted molar refractivity (Wildman–Crippen MR) is 108 cm³/mol. The zero-order chi connectivity index (χ0) is 18.9. The van der Waals surface area contributed by atoms with E-state index in [0.29, 0.717) is 25.2 Å². The normalized spacial score (nSPS) is 11.3. The molecule has 0 aliphatic rings. The maximum absolute atomic E-state index is 11.8. The van der Waals surface area contributed by atoms with Crippen LogP contribution in [0.3, 0.4) is 0 Å². The number of carbonyl (C=O) groups excluding carboxylic acids is 1. The van der Waals surface area contributed by atoms with Crippen LogP contribution < -0.4 is 16.0 Å². The molecule has 2 aromatic rings. The van der Waals surface area contributed by atoms with Gasteiger partial charge in [-0.3, -0.25) is 4.79 Å². The van der Waals surface area contributed by atoms with Gasteiger partial charge in [0.25, 0.3) is 5.91 Å². The van der Waals surface area contributed by atoms with Gasteiger partial charge in [0, 0.05) is 23.5 Å². The number of hydrogen-bond donors (Lipinski definition) is 3. The van der Waals surface area contributed by atoms with Gasteiger partial charge >= 0.3 is 0 Å². The van der Waals surface area contributed by atoms with Crippen molar-refractivity contribution < 1.29 is 4.79 Å². The van der Waals surface area contributed by atoms with Crippen LogP contribution in [0.15, 0.2) is 29.3 Å². The van der Waals surface area contributed by atoms with Crippen LogP contribution in [-0.2, 0) is 13.1 Å². The number of aryl methyl sites for hydroxylation is 2. The molecule has 1 heterocycles. The number of aliphatic imine (C=N–C) groups is 1. The van der Waals surface area contributed by atoms with E-state index in [1.54, 1.807) is 11.3 Å². The molecule has 7 heteroatoms. The fourth-order valence-corrected chi connectivity index (χ4v) is 3.31. The third-order valence-electron chi connectivity index (χ3n) is 3.73. The Hall–Kier alpha value is -2.41. The van der Waals surface area contributed by atoms with Crippen molar-refractivity contribution >= 4 is 23.2 Å². The molecule has 0 radical (unpaired) electrons. The van der Waals surface area contributed by atoms with Gasteiger partial charge in [-0.2, -0.15) is 0 Å². The maximum atomic E-state index is 11.8. The molecular formula is C19H27N5OS. The summed E-state index contributed by atoms with van der Waals surface area (Å²) in [5.41, 5.74) is 2.79. The maximum Gasteiger partial charge on any atom is 0.251 e. The molecule has 0 bridgehead atoms. The molecule has 1 aromatic carbocycles. The number of nitrogens with one attached hydrogen (secondary N) is 3. The minimum Gasteiger partial charge on any atom is -0.357 e. The molecule has 26 heavy (non-hydrogen) atoms. The molecular weight excluding hydrogens is 346 g/mol. The summed E-state index contributed by atoms with van der Waals surface area (Å²) in [7, 11) is 0. The molecule has 1 amide bonds. The molecule has 0 spiro atoms. The van der Waals surface area contributed by atoms with Gasteiger partial charge in [-0.15, -0.1) is 11.3 Å². The van der Waals surface area contributed by atoms with Gasteiger partial charge in [-0.05, 0) is 45.4 Å². The second-order valence-corrected chi connectivity index (χ2v) is 7.13. The van der Waals surface area contributed by atoms with Crippen LogP contribution in [0.25, 0.3) is 0 Å². The molecule has 2 rings (SSSR count). The molecule has 0 fully saturated rings. The number of guanidine groups is 1. The molecule has 140 valence electrons. The van der Waals surface area contributed by atoms with Gasteiger partial charge in [-0.1, -0.05) is 12.1 Å². The van der Waals surface area contributed by atoms with Crippen LogP contribution in [-0.4, -0.2) is 29.9 Å². The lowest BCUT2D eigenvalue weighted by molar-refractivity contribution is 0.0956. The van der Waals surface area contributed by atoms with E-state index in [2.05, 4.69) is 25.9 Å². The predicted octanol–water partition coefficient (Wildman–Crippen LogP) is 2.76. The fraction of sp³-hybridized carbons (Fsp3) is 0.421. The van der Waals surface area contributed by atoms with Gasteiger partial charge in [-0.25, -0.2) is 9.98 Å². The number of thiazole rings is 1. The van der Waals surface area contributed by atoms with Crippen molar-refractivity contribution in [1.82, 2.24) is 20.9 Å². The van der Waals surface area contributed by atoms with Gasteiger partial charge < -0.3 is 16.0 Å². The molecule has 0 unspecified atom stereocenters. The van der Waals surface area contributed by atoms with E-state index in [4.69, 9.17) is 0 Å². The quantitative estimate of drug-likeness (QED) is 0.515. The number of aromatic nitrogens is 1. The Labute approximate surface area is 159 Å². The van der Waals surface area contributed by atoms with Crippen molar-refractivity contribution in [3.05, 3.63) is 51.0 Å². The Morgan fingerprint density at radius 1 is 1.08 bits per heavy atom. The first-order valence-corrected chi connectivity index (χ1v) is 9.67. The summed E-state index contributed by atoms with van der Waals surface area (Å²) < 4.78 is 0. The van der Waals surface area contributed by atoms with E-state index >= 15 is 0 Å². The lowest BCUT2D eigenvalue weighted by atomic mass is 10.1. The third kappa shape index (κ3) is 5.84. The summed E-state index contributed by atoms with van der Waals surface area (Å²) in [6.07, 6.45) is 0. The highest BCUT2D eigenvalue weighted by atomic mass is 32.1. The van der Waals surface area contributed by atoms with E-state index in [9.17, 15) is 4.79 Å². The van der Waals surface area contributed by atoms with E-state index in [1.807, 2.05) is 52.0 Å². The van der Waals surface area contributed by atoms with Crippen molar-refractivity contribution in [3.8, 4) is 0 Å². The summed E-state index contributed by atoms with van der Waals surface area (Å²) in [6.45, 7) is 10.7. The molecule has 0 saturated heterocycles. The first-order chi connectivity index (χ1) is 12.5. The van der Waals surface area contributed by atoms with Crippen molar-refractivity contribution in [2.45, 2.75) is 40.8 Å². The largest absolute Gasteiger partial charge is 0.357 e. The smallest absolute Gasteiger partial charge is 0.251 e. The Bertz CT molecular complexity index is 752. The molecule has 3 N–H and O–H groups in total. The van der Waals surface area contributed by atoms with E-state index in [1.165, 1.54) is 4.88 Å². The average Bonchev–Trinajstić information content (AvgIpc) is 2.95. The van der Waals surface area contributed by atoms with Crippen LogP contribution in [0, 0.1) is 13.8 Å². The van der Waals surface area contributed by atoms with Crippen LogP contribution in [0.5, 0.6) is 0 Å². The summed E-state index contributed by atoms with van der Waals surface area (Å²) in [4.78, 5) is 22.1. The average molecular weight is 374 g/mol. The highest BCUT2D eigenvalue weighted by Crippen LogP contribution is 2.16. The number of hydrogen-bond acceptors (Lipinski definition) is 4. The van der Waals surface area contributed by atoms with Crippen LogP contribution in [0.4, 0.5) is 0 Å². The van der Waals surface area contributed by atoms with Gasteiger partial charge in [0.05, 0.1) is 23.8 Å². The van der Waals surface area contributed by atoms with Crippen molar-refractivity contribution in [2.24, 2.45) is 4.99 Å². The Kier molecular flexibility index (Phi) is 7.59. The fourth-order valence-electron chi connectivity index (χ4n) is 2.44. The minimum absolute atomic E-state index is 0.0484. The number of rotatable bonds is 7. The first kappa shape index (κ1) is 19.9. The van der Waals surface area contributed by atoms with Gasteiger partial charge in [0.1, 0.15) is 0 Å². The monoisotopic (exact) mass is 373 g/mol. The molecule has 0 aliphatic carbocycles. The number of amides is 1. The highest BCUT2D eigenvalue weighted by Gasteiger charge is 2.06. The lowest BCUT2D eigenvalue weighted by Crippen LogP contribution is -2.36. The Balaban J connectivity index is 1.97. The molecule has 0 saturated carbocycles. The third-order valence-corrected chi connectivity index (χ3v) is 4.81. The summed E-state index contributed by atoms with van der Waals surface area (Å²) >= 11 is 1.70. The summed E-state index contributed by atoms with van der Waals surface area (Å²) in [6, 6.07) is 7.54. The molecule has 0 atom stereocenters. The summed E-state index contributed by atoms with van der Waals surface area (Å²) in [5, 5.41) is 10.5. The SMILES string of the molecule is CCNC(=O)c1ccc(CN=C(NCC)NCc2sc(C)nc2C)cc1. The van der Waals surface area contributed by atoms with Crippen LogP contribution in [0.2, 0.25) is 0 Å². The number of benzene rings is 1. The number of nitrogens with zero attached hydrogens (tertiary/aromatic N) is 2. The van der Waals surface area contributed by atoms with Crippen molar-refractivity contribution in [3.63, 3.8) is 0 Å². The molecule has 6 nitrogen and oxygen atoms in total. The topological polar surface area (TPSA) is 78.4 Å². The number of carbonyl (C=O) groups is 1. The van der Waals surface area contributed by atoms with Crippen molar-refractivity contribution in [1.29, 1.82) is 0 Å². The zero-order valence-corrected chi connectivity index (χ0v) is 16.7. The second-order valence-electron chi connectivity index (χ2n) is 5.85. The first-order valence-electron chi connectivity index (χ1n) is 8.85. The van der Waals surface area contributed by atoms with E-state index in [0.717, 1.165) is 28.8 Å². The Morgan fingerprint density at radius 2 is 1.77 bits per heavy atom. The Morgan fingerprint density at radius 3 is 2.35 bits per heavy atom.